The van der Waals surface area contributed by atoms with Crippen molar-refractivity contribution in [2.24, 2.45) is 5.92 Å². The van der Waals surface area contributed by atoms with Gasteiger partial charge in [0.2, 0.25) is 11.6 Å². The lowest BCUT2D eigenvalue weighted by atomic mass is 9.99. The van der Waals surface area contributed by atoms with Gasteiger partial charge >= 0.3 is 5.69 Å². The third-order valence-electron chi connectivity index (χ3n) is 4.54. The quantitative estimate of drug-likeness (QED) is 0.555. The first-order valence-corrected chi connectivity index (χ1v) is 9.38. The fraction of sp³-hybridized carbons (Fsp3) is 0.353. The molecule has 2 heterocycles. The van der Waals surface area contributed by atoms with Crippen LogP contribution in [0.3, 0.4) is 0 Å². The number of nitro groups is 1. The maximum Gasteiger partial charge on any atom is 0.355 e. The van der Waals surface area contributed by atoms with Crippen LogP contribution in [-0.2, 0) is 0 Å². The molecule has 0 bridgehead atoms. The van der Waals surface area contributed by atoms with Crippen LogP contribution in [0.25, 0.3) is 0 Å². The maximum absolute atomic E-state index is 12.3. The summed E-state index contributed by atoms with van der Waals surface area (Å²) in [6, 6.07) is 4.40. The minimum absolute atomic E-state index is 0.105. The van der Waals surface area contributed by atoms with Crippen LogP contribution in [0, 0.1) is 16.0 Å². The molecule has 9 nitrogen and oxygen atoms in total. The molecule has 1 aromatic heterocycles. The number of piperidine rings is 1. The highest BCUT2D eigenvalue weighted by Crippen LogP contribution is 2.33. The fourth-order valence-corrected chi connectivity index (χ4v) is 3.43. The summed E-state index contributed by atoms with van der Waals surface area (Å²) >= 11 is 11.8. The van der Waals surface area contributed by atoms with E-state index in [1.807, 2.05) is 4.90 Å². The molecule has 1 aliphatic rings. The molecular formula is C17H18Cl2N6O3. The Morgan fingerprint density at radius 1 is 1.29 bits per heavy atom. The minimum atomic E-state index is -0.581. The van der Waals surface area contributed by atoms with E-state index in [1.54, 1.807) is 0 Å². The molecule has 1 aromatic carbocycles. The van der Waals surface area contributed by atoms with Gasteiger partial charge in [0, 0.05) is 18.1 Å². The lowest BCUT2D eigenvalue weighted by molar-refractivity contribution is -0.383. The van der Waals surface area contributed by atoms with Crippen molar-refractivity contribution in [3.8, 4) is 0 Å². The Labute approximate surface area is 171 Å². The molecule has 28 heavy (non-hydrogen) atoms. The Bertz CT molecular complexity index is 902. The average molecular weight is 425 g/mol. The number of halogens is 2. The van der Waals surface area contributed by atoms with Gasteiger partial charge in [0.1, 0.15) is 6.33 Å². The van der Waals surface area contributed by atoms with Gasteiger partial charge in [-0.1, -0.05) is 30.1 Å². The molecule has 2 aromatic rings. The molecule has 0 saturated carbocycles. The predicted octanol–water partition coefficient (Wildman–Crippen LogP) is 3.68. The molecule has 0 unspecified atom stereocenters. The third-order valence-corrected chi connectivity index (χ3v) is 5.09. The van der Waals surface area contributed by atoms with Gasteiger partial charge in [-0.2, -0.15) is 0 Å². The Morgan fingerprint density at radius 2 is 2.00 bits per heavy atom. The van der Waals surface area contributed by atoms with E-state index in [2.05, 4.69) is 27.7 Å². The van der Waals surface area contributed by atoms with Crippen LogP contribution in [0.4, 0.5) is 17.3 Å². The zero-order valence-corrected chi connectivity index (χ0v) is 16.5. The van der Waals surface area contributed by atoms with Crippen molar-refractivity contribution in [2.75, 3.05) is 23.4 Å². The molecule has 1 fully saturated rings. The van der Waals surface area contributed by atoms with Gasteiger partial charge in [-0.05, 0) is 37.0 Å². The summed E-state index contributed by atoms with van der Waals surface area (Å²) < 4.78 is 0. The molecule has 1 saturated heterocycles. The highest BCUT2D eigenvalue weighted by molar-refractivity contribution is 6.36. The van der Waals surface area contributed by atoms with Gasteiger partial charge in [0.05, 0.1) is 15.5 Å². The summed E-state index contributed by atoms with van der Waals surface area (Å²) in [6.07, 6.45) is 3.08. The lowest BCUT2D eigenvalue weighted by Crippen LogP contribution is -2.35. The topological polar surface area (TPSA) is 113 Å². The summed E-state index contributed by atoms with van der Waals surface area (Å²) in [4.78, 5) is 33.3. The lowest BCUT2D eigenvalue weighted by Gasteiger charge is -2.30. The highest BCUT2D eigenvalue weighted by atomic mass is 35.5. The van der Waals surface area contributed by atoms with Crippen LogP contribution in [0.15, 0.2) is 24.5 Å². The van der Waals surface area contributed by atoms with E-state index in [1.165, 1.54) is 24.5 Å². The second-order valence-corrected chi connectivity index (χ2v) is 7.37. The zero-order valence-electron chi connectivity index (χ0n) is 15.0. The molecule has 0 spiro atoms. The molecule has 2 N–H and O–H groups in total. The van der Waals surface area contributed by atoms with Crippen molar-refractivity contribution in [2.45, 2.75) is 19.8 Å². The number of aromatic nitrogens is 2. The van der Waals surface area contributed by atoms with Gasteiger partial charge < -0.3 is 4.90 Å². The standard InChI is InChI=1S/C17H18Cl2N6O3/c1-10-4-6-24(7-5-10)16-14(25(27)28)15(20-9-21-16)22-23-17(26)12-3-2-11(18)8-13(12)19/h2-3,8-10H,4-7H2,1H3,(H,23,26)(H,20,21,22). The molecule has 1 amide bonds. The smallest absolute Gasteiger partial charge is 0.351 e. The van der Waals surface area contributed by atoms with Gasteiger partial charge in [0.25, 0.3) is 5.91 Å². The van der Waals surface area contributed by atoms with E-state index in [0.29, 0.717) is 24.0 Å². The first-order chi connectivity index (χ1) is 13.4. The Hall–Kier alpha value is -2.65. The number of hydrazine groups is 1. The average Bonchev–Trinajstić information content (AvgIpc) is 2.66. The number of hydrogen-bond acceptors (Lipinski definition) is 7. The van der Waals surface area contributed by atoms with Crippen LogP contribution in [0.5, 0.6) is 0 Å². The maximum atomic E-state index is 12.3. The van der Waals surface area contributed by atoms with E-state index in [9.17, 15) is 14.9 Å². The van der Waals surface area contributed by atoms with Crippen molar-refractivity contribution in [3.63, 3.8) is 0 Å². The summed E-state index contributed by atoms with van der Waals surface area (Å²) in [5.74, 6) is 0.112. The van der Waals surface area contributed by atoms with E-state index in [0.717, 1.165) is 12.8 Å². The van der Waals surface area contributed by atoms with Crippen molar-refractivity contribution in [3.05, 3.63) is 50.2 Å². The first kappa shape index (κ1) is 20.1. The monoisotopic (exact) mass is 424 g/mol. The number of carbonyl (C=O) groups is 1. The minimum Gasteiger partial charge on any atom is -0.351 e. The summed E-state index contributed by atoms with van der Waals surface area (Å²) in [5.41, 5.74) is 4.77. The van der Waals surface area contributed by atoms with Crippen LogP contribution in [0.2, 0.25) is 10.0 Å². The van der Waals surface area contributed by atoms with Crippen molar-refractivity contribution in [1.29, 1.82) is 0 Å². The molecule has 11 heteroatoms. The third kappa shape index (κ3) is 4.42. The molecule has 0 aliphatic carbocycles. The second-order valence-electron chi connectivity index (χ2n) is 6.52. The Balaban J connectivity index is 1.81. The number of carbonyl (C=O) groups excluding carboxylic acids is 1. The molecule has 3 rings (SSSR count). The molecule has 0 atom stereocenters. The molecule has 148 valence electrons. The van der Waals surface area contributed by atoms with E-state index in [4.69, 9.17) is 23.2 Å². The summed E-state index contributed by atoms with van der Waals surface area (Å²) in [6.45, 7) is 3.49. The molecule has 0 radical (unpaired) electrons. The molecular weight excluding hydrogens is 407 g/mol. The van der Waals surface area contributed by atoms with Crippen molar-refractivity contribution in [1.82, 2.24) is 15.4 Å². The van der Waals surface area contributed by atoms with Gasteiger partial charge in [0.15, 0.2) is 0 Å². The Morgan fingerprint density at radius 3 is 2.64 bits per heavy atom. The number of hydrogen-bond donors (Lipinski definition) is 2. The summed E-state index contributed by atoms with van der Waals surface area (Å²) in [5, 5.41) is 12.2. The number of benzene rings is 1. The number of amides is 1. The summed E-state index contributed by atoms with van der Waals surface area (Å²) in [7, 11) is 0. The van der Waals surface area contributed by atoms with Gasteiger partial charge in [-0.3, -0.25) is 25.8 Å². The predicted molar refractivity (Wildman–Crippen MR) is 107 cm³/mol. The number of nitrogens with zero attached hydrogens (tertiary/aromatic N) is 4. The first-order valence-electron chi connectivity index (χ1n) is 8.62. The van der Waals surface area contributed by atoms with Crippen LogP contribution >= 0.6 is 23.2 Å². The number of anilines is 2. The van der Waals surface area contributed by atoms with Crippen molar-refractivity contribution >= 4 is 46.4 Å². The Kier molecular flexibility index (Phi) is 6.15. The van der Waals surface area contributed by atoms with Crippen LogP contribution in [0.1, 0.15) is 30.1 Å². The second kappa shape index (κ2) is 8.57. The van der Waals surface area contributed by atoms with E-state index in [-0.39, 0.29) is 27.9 Å². The van der Waals surface area contributed by atoms with E-state index >= 15 is 0 Å². The number of rotatable bonds is 5. The zero-order chi connectivity index (χ0) is 20.3. The largest absolute Gasteiger partial charge is 0.355 e. The highest BCUT2D eigenvalue weighted by Gasteiger charge is 2.29. The van der Waals surface area contributed by atoms with Gasteiger partial charge in [-0.25, -0.2) is 9.97 Å². The fourth-order valence-electron chi connectivity index (χ4n) is 2.94. The van der Waals surface area contributed by atoms with E-state index < -0.39 is 10.8 Å². The van der Waals surface area contributed by atoms with Crippen molar-refractivity contribution < 1.29 is 9.72 Å². The molecule has 1 aliphatic heterocycles. The van der Waals surface area contributed by atoms with Gasteiger partial charge in [-0.15, -0.1) is 0 Å². The van der Waals surface area contributed by atoms with Crippen LogP contribution < -0.4 is 15.8 Å². The SMILES string of the molecule is CC1CCN(c2ncnc(NNC(=O)c3ccc(Cl)cc3Cl)c2[N+](=O)[O-])CC1. The number of nitrogens with one attached hydrogen (secondary N) is 2. The van der Waals surface area contributed by atoms with Crippen LogP contribution in [-0.4, -0.2) is 33.9 Å². The normalized spacial score (nSPS) is 14.6.